The van der Waals surface area contributed by atoms with Crippen LogP contribution in [0.2, 0.25) is 0 Å². The summed E-state index contributed by atoms with van der Waals surface area (Å²) in [5.41, 5.74) is 2.39. The van der Waals surface area contributed by atoms with Crippen molar-refractivity contribution in [2.45, 2.75) is 13.8 Å². The third-order valence-electron chi connectivity index (χ3n) is 2.09. The first-order chi connectivity index (χ1) is 6.24. The molecule has 0 radical (unpaired) electrons. The molecular formula is C11H17NO. The first-order valence-corrected chi connectivity index (χ1v) is 4.58. The third kappa shape index (κ3) is 3.07. The minimum atomic E-state index is 0.760. The highest BCUT2D eigenvalue weighted by molar-refractivity contribution is 5.30. The van der Waals surface area contributed by atoms with Crippen LogP contribution in [-0.4, -0.2) is 19.7 Å². The molecule has 0 bridgehead atoms. The van der Waals surface area contributed by atoms with Crippen LogP contribution in [0.1, 0.15) is 13.8 Å². The van der Waals surface area contributed by atoms with Crippen LogP contribution in [-0.2, 0) is 4.74 Å². The van der Waals surface area contributed by atoms with E-state index >= 15 is 0 Å². The summed E-state index contributed by atoms with van der Waals surface area (Å²) < 4.78 is 5.50. The largest absolute Gasteiger partial charge is 0.497 e. The Bertz CT molecular complexity index is 251. The van der Waals surface area contributed by atoms with Crippen LogP contribution in [0.25, 0.3) is 0 Å². The predicted octanol–water partition coefficient (Wildman–Crippen LogP) is 2.01. The number of hydrogen-bond acceptors (Lipinski definition) is 2. The molecule has 0 atom stereocenters. The average Bonchev–Trinajstić information content (AvgIpc) is 2.32. The molecular weight excluding hydrogens is 162 g/mol. The minimum absolute atomic E-state index is 0.760. The second-order valence-electron chi connectivity index (χ2n) is 3.20. The zero-order valence-corrected chi connectivity index (χ0v) is 8.39. The normalized spacial score (nSPS) is 19.4. The lowest BCUT2D eigenvalue weighted by atomic mass is 10.1. The van der Waals surface area contributed by atoms with E-state index < -0.39 is 0 Å². The molecule has 0 aromatic carbocycles. The summed E-state index contributed by atoms with van der Waals surface area (Å²) in [4.78, 5) is 0. The van der Waals surface area contributed by atoms with Gasteiger partial charge in [-0.3, -0.25) is 0 Å². The van der Waals surface area contributed by atoms with Crippen LogP contribution < -0.4 is 5.32 Å². The van der Waals surface area contributed by atoms with Gasteiger partial charge in [-0.2, -0.15) is 0 Å². The molecule has 0 aromatic rings. The van der Waals surface area contributed by atoms with Crippen LogP contribution in [0.4, 0.5) is 0 Å². The SMILES string of the molecule is C=C/C(C)=C\C1=C(C)OCCNC1. The summed E-state index contributed by atoms with van der Waals surface area (Å²) in [5, 5.41) is 3.30. The second kappa shape index (κ2) is 4.87. The number of nitrogens with one attached hydrogen (secondary N) is 1. The van der Waals surface area contributed by atoms with Gasteiger partial charge < -0.3 is 10.1 Å². The van der Waals surface area contributed by atoms with Gasteiger partial charge in [-0.05, 0) is 13.8 Å². The van der Waals surface area contributed by atoms with Gasteiger partial charge in [0.1, 0.15) is 6.61 Å². The first kappa shape index (κ1) is 10.1. The molecule has 0 spiro atoms. The van der Waals surface area contributed by atoms with Gasteiger partial charge in [0.15, 0.2) is 0 Å². The Balaban J connectivity index is 2.79. The Labute approximate surface area is 80.0 Å². The lowest BCUT2D eigenvalue weighted by molar-refractivity contribution is 0.222. The molecule has 0 fully saturated rings. The summed E-state index contributed by atoms with van der Waals surface area (Å²) >= 11 is 0. The third-order valence-corrected chi connectivity index (χ3v) is 2.09. The van der Waals surface area contributed by atoms with Gasteiger partial charge in [0.2, 0.25) is 0 Å². The van der Waals surface area contributed by atoms with Crippen LogP contribution in [0.5, 0.6) is 0 Å². The number of allylic oxidation sites excluding steroid dienone is 3. The van der Waals surface area contributed by atoms with Crippen molar-refractivity contribution in [3.8, 4) is 0 Å². The van der Waals surface area contributed by atoms with Crippen molar-refractivity contribution >= 4 is 0 Å². The van der Waals surface area contributed by atoms with Gasteiger partial charge in [0.25, 0.3) is 0 Å². The summed E-state index contributed by atoms with van der Waals surface area (Å²) in [6, 6.07) is 0. The second-order valence-corrected chi connectivity index (χ2v) is 3.20. The highest BCUT2D eigenvalue weighted by Gasteiger charge is 2.05. The molecule has 0 saturated heterocycles. The molecule has 0 unspecified atom stereocenters. The average molecular weight is 179 g/mol. The van der Waals surface area contributed by atoms with Crippen molar-refractivity contribution < 1.29 is 4.74 Å². The van der Waals surface area contributed by atoms with Gasteiger partial charge in [-0.1, -0.05) is 24.3 Å². The molecule has 72 valence electrons. The van der Waals surface area contributed by atoms with E-state index in [0.717, 1.165) is 25.5 Å². The van der Waals surface area contributed by atoms with Crippen LogP contribution in [0, 0.1) is 0 Å². The predicted molar refractivity (Wildman–Crippen MR) is 55.5 cm³/mol. The van der Waals surface area contributed by atoms with Crippen molar-refractivity contribution in [2.24, 2.45) is 0 Å². The molecule has 0 aromatic heterocycles. The van der Waals surface area contributed by atoms with E-state index in [4.69, 9.17) is 4.74 Å². The molecule has 13 heavy (non-hydrogen) atoms. The van der Waals surface area contributed by atoms with Gasteiger partial charge in [-0.25, -0.2) is 0 Å². The summed E-state index contributed by atoms with van der Waals surface area (Å²) in [5.74, 6) is 1.02. The fraction of sp³-hybridized carbons (Fsp3) is 0.455. The van der Waals surface area contributed by atoms with E-state index in [-0.39, 0.29) is 0 Å². The van der Waals surface area contributed by atoms with Gasteiger partial charge in [0.05, 0.1) is 5.76 Å². The van der Waals surface area contributed by atoms with Crippen molar-refractivity contribution in [1.82, 2.24) is 5.32 Å². The smallest absolute Gasteiger partial charge is 0.100 e. The lowest BCUT2D eigenvalue weighted by Crippen LogP contribution is -2.18. The molecule has 2 heteroatoms. The van der Waals surface area contributed by atoms with Gasteiger partial charge in [0, 0.05) is 18.7 Å². The molecule has 1 heterocycles. The van der Waals surface area contributed by atoms with E-state index in [0.29, 0.717) is 0 Å². The van der Waals surface area contributed by atoms with E-state index in [9.17, 15) is 0 Å². The van der Waals surface area contributed by atoms with E-state index in [1.54, 1.807) is 0 Å². The Morgan fingerprint density at radius 2 is 2.38 bits per heavy atom. The monoisotopic (exact) mass is 179 g/mol. The molecule has 0 amide bonds. The molecule has 1 aliphatic rings. The fourth-order valence-electron chi connectivity index (χ4n) is 1.20. The van der Waals surface area contributed by atoms with Crippen molar-refractivity contribution in [3.63, 3.8) is 0 Å². The molecule has 1 N–H and O–H groups in total. The Kier molecular flexibility index (Phi) is 3.77. The summed E-state index contributed by atoms with van der Waals surface area (Å²) in [6.07, 6.45) is 3.96. The van der Waals surface area contributed by atoms with Crippen LogP contribution >= 0.6 is 0 Å². The maximum atomic E-state index is 5.50. The quantitative estimate of drug-likeness (QED) is 0.655. The molecule has 0 saturated carbocycles. The Hall–Kier alpha value is -1.02. The molecule has 0 aliphatic carbocycles. The standard InChI is InChI=1S/C11H17NO/c1-4-9(2)7-11-8-12-5-6-13-10(11)3/h4,7,12H,1,5-6,8H2,2-3H3/b9-7-. The number of ether oxygens (including phenoxy) is 1. The zero-order chi connectivity index (χ0) is 9.68. The highest BCUT2D eigenvalue weighted by atomic mass is 16.5. The molecule has 2 nitrogen and oxygen atoms in total. The van der Waals surface area contributed by atoms with E-state index in [1.165, 1.54) is 11.1 Å². The van der Waals surface area contributed by atoms with E-state index in [1.807, 2.05) is 19.9 Å². The summed E-state index contributed by atoms with van der Waals surface area (Å²) in [7, 11) is 0. The van der Waals surface area contributed by atoms with Crippen LogP contribution in [0.3, 0.4) is 0 Å². The molecule has 1 rings (SSSR count). The minimum Gasteiger partial charge on any atom is -0.497 e. The van der Waals surface area contributed by atoms with Gasteiger partial charge >= 0.3 is 0 Å². The van der Waals surface area contributed by atoms with Crippen molar-refractivity contribution in [1.29, 1.82) is 0 Å². The number of rotatable bonds is 2. The summed E-state index contributed by atoms with van der Waals surface area (Å²) in [6.45, 7) is 10.3. The first-order valence-electron chi connectivity index (χ1n) is 4.58. The maximum absolute atomic E-state index is 5.50. The lowest BCUT2D eigenvalue weighted by Gasteiger charge is -2.04. The zero-order valence-electron chi connectivity index (χ0n) is 8.39. The van der Waals surface area contributed by atoms with Crippen LogP contribution in [0.15, 0.2) is 35.6 Å². The van der Waals surface area contributed by atoms with Crippen molar-refractivity contribution in [3.05, 3.63) is 35.6 Å². The van der Waals surface area contributed by atoms with E-state index in [2.05, 4.69) is 18.0 Å². The van der Waals surface area contributed by atoms with Gasteiger partial charge in [-0.15, -0.1) is 0 Å². The Morgan fingerprint density at radius 1 is 1.62 bits per heavy atom. The van der Waals surface area contributed by atoms with Crippen molar-refractivity contribution in [2.75, 3.05) is 19.7 Å². The number of hydrogen-bond donors (Lipinski definition) is 1. The topological polar surface area (TPSA) is 21.3 Å². The Morgan fingerprint density at radius 3 is 3.08 bits per heavy atom. The fourth-order valence-corrected chi connectivity index (χ4v) is 1.20. The maximum Gasteiger partial charge on any atom is 0.100 e. The highest BCUT2D eigenvalue weighted by Crippen LogP contribution is 2.11. The molecule has 1 aliphatic heterocycles.